The lowest BCUT2D eigenvalue weighted by Gasteiger charge is -2.34. The van der Waals surface area contributed by atoms with Gasteiger partial charge < -0.3 is 9.80 Å². The zero-order valence-corrected chi connectivity index (χ0v) is 17.6. The number of carbonyl (C=O) groups excluding carboxylic acids is 1. The number of rotatable bonds is 4. The molecule has 7 heteroatoms. The van der Waals surface area contributed by atoms with Gasteiger partial charge in [0.1, 0.15) is 0 Å². The Balaban J connectivity index is 1.34. The largest absolute Gasteiger partial charge is 0.338 e. The molecule has 2 aliphatic heterocycles. The molecular weight excluding hydrogens is 374 g/mol. The minimum atomic E-state index is -3.44. The van der Waals surface area contributed by atoms with Crippen LogP contribution in [0.5, 0.6) is 0 Å². The van der Waals surface area contributed by atoms with Crippen molar-refractivity contribution in [2.75, 3.05) is 45.8 Å². The Hall–Kier alpha value is -1.44. The van der Waals surface area contributed by atoms with Gasteiger partial charge in [-0.05, 0) is 61.3 Å². The van der Waals surface area contributed by atoms with Gasteiger partial charge in [-0.3, -0.25) is 4.79 Å². The highest BCUT2D eigenvalue weighted by Crippen LogP contribution is 2.26. The first kappa shape index (κ1) is 19.9. The van der Waals surface area contributed by atoms with Crippen LogP contribution in [0.25, 0.3) is 0 Å². The first-order chi connectivity index (χ1) is 13.4. The third kappa shape index (κ3) is 4.11. The third-order valence-corrected chi connectivity index (χ3v) is 8.44. The summed E-state index contributed by atoms with van der Waals surface area (Å²) in [5.41, 5.74) is 2.48. The minimum absolute atomic E-state index is 0.219. The number of fused-ring (bicyclic) bond motifs is 1. The molecule has 0 radical (unpaired) electrons. The van der Waals surface area contributed by atoms with Crippen LogP contribution >= 0.6 is 0 Å². The van der Waals surface area contributed by atoms with Crippen molar-refractivity contribution in [3.8, 4) is 0 Å². The van der Waals surface area contributed by atoms with E-state index >= 15 is 0 Å². The molecule has 0 spiro atoms. The van der Waals surface area contributed by atoms with E-state index < -0.39 is 10.0 Å². The van der Waals surface area contributed by atoms with Gasteiger partial charge in [0.15, 0.2) is 6.54 Å². The number of nitrogens with zero attached hydrogens (tertiary/aromatic N) is 2. The van der Waals surface area contributed by atoms with E-state index in [0.29, 0.717) is 43.5 Å². The van der Waals surface area contributed by atoms with Gasteiger partial charge in [0, 0.05) is 13.1 Å². The maximum absolute atomic E-state index is 13.0. The molecule has 154 valence electrons. The summed E-state index contributed by atoms with van der Waals surface area (Å²) in [6.45, 7) is 6.78. The molecule has 1 aromatic rings. The van der Waals surface area contributed by atoms with Crippen LogP contribution in [0, 0.1) is 5.92 Å². The molecule has 1 N–H and O–H groups in total. The molecule has 2 fully saturated rings. The molecule has 1 aromatic carbocycles. The van der Waals surface area contributed by atoms with Gasteiger partial charge in [-0.1, -0.05) is 13.0 Å². The van der Waals surface area contributed by atoms with E-state index in [1.54, 1.807) is 10.4 Å². The number of hydrogen-bond acceptors (Lipinski definition) is 3. The Morgan fingerprint density at radius 1 is 1.11 bits per heavy atom. The van der Waals surface area contributed by atoms with E-state index in [2.05, 4.69) is 6.92 Å². The van der Waals surface area contributed by atoms with Crippen LogP contribution in [0.1, 0.15) is 37.3 Å². The van der Waals surface area contributed by atoms with Crippen molar-refractivity contribution in [3.63, 3.8) is 0 Å². The first-order valence-corrected chi connectivity index (χ1v) is 12.1. The number of likely N-dealkylation sites (tertiary alicyclic amines) is 1. The number of piperidine rings is 1. The number of benzene rings is 1. The average molecular weight is 407 g/mol. The highest BCUT2D eigenvalue weighted by Gasteiger charge is 2.33. The molecule has 0 saturated carbocycles. The van der Waals surface area contributed by atoms with E-state index in [0.717, 1.165) is 38.8 Å². The Morgan fingerprint density at radius 2 is 1.86 bits per heavy atom. The molecule has 0 aromatic heterocycles. The van der Waals surface area contributed by atoms with Crippen molar-refractivity contribution < 1.29 is 18.1 Å². The molecule has 6 nitrogen and oxygen atoms in total. The number of aryl methyl sites for hydroxylation is 2. The highest BCUT2D eigenvalue weighted by atomic mass is 32.2. The van der Waals surface area contributed by atoms with Gasteiger partial charge in [0.05, 0.1) is 31.1 Å². The van der Waals surface area contributed by atoms with Crippen molar-refractivity contribution in [1.29, 1.82) is 0 Å². The molecule has 1 atom stereocenters. The molecule has 1 amide bonds. The molecule has 0 bridgehead atoms. The summed E-state index contributed by atoms with van der Waals surface area (Å²) in [7, 11) is -3.44. The first-order valence-electron chi connectivity index (χ1n) is 10.7. The van der Waals surface area contributed by atoms with E-state index in [1.165, 1.54) is 22.4 Å². The summed E-state index contributed by atoms with van der Waals surface area (Å²) in [6.07, 6.45) is 5.45. The minimum Gasteiger partial charge on any atom is -0.338 e. The SMILES string of the molecule is C[C@H]1CCCN(C(=O)C[NH+]2CCN(S(=O)(=O)c3ccc4c(c3)CCC4)CC2)C1. The van der Waals surface area contributed by atoms with Crippen LogP contribution in [0.4, 0.5) is 0 Å². The van der Waals surface area contributed by atoms with Crippen molar-refractivity contribution in [1.82, 2.24) is 9.21 Å². The van der Waals surface area contributed by atoms with E-state index in [1.807, 2.05) is 17.0 Å². The number of nitrogens with one attached hydrogen (secondary N) is 1. The summed E-state index contributed by atoms with van der Waals surface area (Å²) in [5, 5.41) is 0. The second-order valence-electron chi connectivity index (χ2n) is 8.70. The van der Waals surface area contributed by atoms with E-state index in [-0.39, 0.29) is 5.91 Å². The zero-order chi connectivity index (χ0) is 19.7. The van der Waals surface area contributed by atoms with Gasteiger partial charge in [-0.15, -0.1) is 0 Å². The van der Waals surface area contributed by atoms with Crippen molar-refractivity contribution in [2.24, 2.45) is 5.92 Å². The van der Waals surface area contributed by atoms with Gasteiger partial charge in [0.2, 0.25) is 10.0 Å². The monoisotopic (exact) mass is 406 g/mol. The quantitative estimate of drug-likeness (QED) is 0.784. The molecular formula is C21H32N3O3S+. The standard InChI is InChI=1S/C21H31N3O3S/c1-17-4-3-9-23(15-17)21(25)16-22-10-12-24(13-11-22)28(26,27)20-8-7-18-5-2-6-19(18)14-20/h7-8,14,17H,2-6,9-13,15-16H2,1H3/p+1/t17-/m0/s1. The Morgan fingerprint density at radius 3 is 2.61 bits per heavy atom. The second-order valence-corrected chi connectivity index (χ2v) is 10.6. The molecule has 3 aliphatic rings. The number of amides is 1. The number of carbonyl (C=O) groups is 1. The lowest BCUT2D eigenvalue weighted by atomic mass is 10.0. The Kier molecular flexibility index (Phi) is 5.76. The topological polar surface area (TPSA) is 62.1 Å². The number of hydrogen-bond donors (Lipinski definition) is 1. The van der Waals surface area contributed by atoms with Crippen molar-refractivity contribution >= 4 is 15.9 Å². The van der Waals surface area contributed by atoms with Crippen LogP contribution < -0.4 is 4.90 Å². The van der Waals surface area contributed by atoms with Crippen LogP contribution in [0.3, 0.4) is 0 Å². The molecule has 2 heterocycles. The lowest BCUT2D eigenvalue weighted by molar-refractivity contribution is -0.896. The van der Waals surface area contributed by atoms with E-state index in [4.69, 9.17) is 0 Å². The number of piperazine rings is 1. The summed E-state index contributed by atoms with van der Waals surface area (Å²) in [6, 6.07) is 5.62. The lowest BCUT2D eigenvalue weighted by Crippen LogP contribution is -3.15. The number of sulfonamides is 1. The van der Waals surface area contributed by atoms with Crippen LogP contribution in [0.2, 0.25) is 0 Å². The summed E-state index contributed by atoms with van der Waals surface area (Å²) in [5.74, 6) is 0.804. The highest BCUT2D eigenvalue weighted by molar-refractivity contribution is 7.89. The molecule has 0 unspecified atom stereocenters. The van der Waals surface area contributed by atoms with Crippen LogP contribution in [0.15, 0.2) is 23.1 Å². The fourth-order valence-corrected chi connectivity index (χ4v) is 6.31. The van der Waals surface area contributed by atoms with Crippen LogP contribution in [-0.2, 0) is 27.7 Å². The summed E-state index contributed by atoms with van der Waals surface area (Å²) in [4.78, 5) is 16.2. The second kappa shape index (κ2) is 8.13. The fraction of sp³-hybridized carbons (Fsp3) is 0.667. The molecule has 1 aliphatic carbocycles. The van der Waals surface area contributed by atoms with E-state index in [9.17, 15) is 13.2 Å². The zero-order valence-electron chi connectivity index (χ0n) is 16.8. The smallest absolute Gasteiger partial charge is 0.277 e. The van der Waals surface area contributed by atoms with Gasteiger partial charge in [-0.25, -0.2) is 8.42 Å². The Labute approximate surface area is 168 Å². The van der Waals surface area contributed by atoms with Crippen LogP contribution in [-0.4, -0.2) is 69.3 Å². The van der Waals surface area contributed by atoms with Gasteiger partial charge in [-0.2, -0.15) is 4.31 Å². The molecule has 4 rings (SSSR count). The molecule has 2 saturated heterocycles. The summed E-state index contributed by atoms with van der Waals surface area (Å²) >= 11 is 0. The predicted molar refractivity (Wildman–Crippen MR) is 108 cm³/mol. The van der Waals surface area contributed by atoms with Crippen molar-refractivity contribution in [3.05, 3.63) is 29.3 Å². The van der Waals surface area contributed by atoms with Gasteiger partial charge in [0.25, 0.3) is 5.91 Å². The fourth-order valence-electron chi connectivity index (χ4n) is 4.82. The van der Waals surface area contributed by atoms with Gasteiger partial charge >= 0.3 is 0 Å². The number of quaternary nitrogens is 1. The Bertz CT molecular complexity index is 831. The maximum atomic E-state index is 13.0. The predicted octanol–water partition coefficient (Wildman–Crippen LogP) is 0.323. The third-order valence-electron chi connectivity index (χ3n) is 6.55. The molecule has 28 heavy (non-hydrogen) atoms. The summed E-state index contributed by atoms with van der Waals surface area (Å²) < 4.78 is 27.7. The maximum Gasteiger partial charge on any atom is 0.277 e. The normalized spacial score (nSPS) is 24.3. The van der Waals surface area contributed by atoms with Crippen molar-refractivity contribution in [2.45, 2.75) is 43.9 Å². The average Bonchev–Trinajstić information content (AvgIpc) is 3.16.